The van der Waals surface area contributed by atoms with Crippen LogP contribution < -0.4 is 0 Å². The number of amides is 1. The van der Waals surface area contributed by atoms with Gasteiger partial charge in [-0.1, -0.05) is 39.0 Å². The summed E-state index contributed by atoms with van der Waals surface area (Å²) >= 11 is 0. The summed E-state index contributed by atoms with van der Waals surface area (Å²) in [5, 5.41) is 0. The van der Waals surface area contributed by atoms with Crippen molar-refractivity contribution in [2.75, 3.05) is 126 Å². The van der Waals surface area contributed by atoms with Crippen LogP contribution in [0.3, 0.4) is 0 Å². The average Bonchev–Trinajstić information content (AvgIpc) is 3.01. The predicted molar refractivity (Wildman–Crippen MR) is 174 cm³/mol. The van der Waals surface area contributed by atoms with Crippen molar-refractivity contribution < 1.29 is 57.0 Å². The first-order valence-electron chi connectivity index (χ1n) is 17.0. The Labute approximate surface area is 278 Å². The normalized spacial score (nSPS) is 11.6. The molecule has 13 nitrogen and oxygen atoms in total. The van der Waals surface area contributed by atoms with Gasteiger partial charge < -0.3 is 52.3 Å². The lowest BCUT2D eigenvalue weighted by molar-refractivity contribution is -0.145. The lowest BCUT2D eigenvalue weighted by atomic mass is 10.1. The lowest BCUT2D eigenvalue weighted by Gasteiger charge is -2.24. The van der Waals surface area contributed by atoms with Gasteiger partial charge in [-0.05, 0) is 27.2 Å². The number of likely N-dealkylation sites (N-methyl/N-ethyl adjacent to an activating group) is 1. The van der Waals surface area contributed by atoms with Gasteiger partial charge in [0.05, 0.1) is 106 Å². The number of hydrogen-bond acceptors (Lipinski definition) is 12. The largest absolute Gasteiger partial charge is 0.463 e. The molecule has 0 saturated heterocycles. The smallest absolute Gasteiger partial charge is 0.410 e. The van der Waals surface area contributed by atoms with Crippen LogP contribution in [0.2, 0.25) is 0 Å². The predicted octanol–water partition coefficient (Wildman–Crippen LogP) is 4.28. The Balaban J connectivity index is 3.19. The molecule has 0 rings (SSSR count). The molecule has 0 radical (unpaired) electrons. The molecular formula is C33H65NO12. The summed E-state index contributed by atoms with van der Waals surface area (Å²) in [4.78, 5) is 25.0. The minimum atomic E-state index is -0.510. The zero-order valence-electron chi connectivity index (χ0n) is 29.5. The van der Waals surface area contributed by atoms with Crippen molar-refractivity contribution in [2.45, 2.75) is 78.2 Å². The monoisotopic (exact) mass is 667 g/mol. The molecule has 0 bridgehead atoms. The summed E-state index contributed by atoms with van der Waals surface area (Å²) in [6, 6.07) is 0. The second-order valence-electron chi connectivity index (χ2n) is 11.5. The third-order valence-electron chi connectivity index (χ3n) is 6.11. The second kappa shape index (κ2) is 33.3. The summed E-state index contributed by atoms with van der Waals surface area (Å²) < 4.78 is 54.1. The van der Waals surface area contributed by atoms with Crippen LogP contribution in [0.5, 0.6) is 0 Å². The molecule has 0 aromatic heterocycles. The Bertz CT molecular complexity index is 678. The Morgan fingerprint density at radius 2 is 0.848 bits per heavy atom. The van der Waals surface area contributed by atoms with Gasteiger partial charge in [0.25, 0.3) is 0 Å². The van der Waals surface area contributed by atoms with Crippen LogP contribution in [0.15, 0.2) is 0 Å². The molecule has 0 atom stereocenters. The second-order valence-corrected chi connectivity index (χ2v) is 11.5. The van der Waals surface area contributed by atoms with E-state index in [9.17, 15) is 9.59 Å². The molecule has 0 fully saturated rings. The molecular weight excluding hydrogens is 602 g/mol. The van der Waals surface area contributed by atoms with E-state index < -0.39 is 5.60 Å². The van der Waals surface area contributed by atoms with Gasteiger partial charge in [-0.2, -0.15) is 0 Å². The van der Waals surface area contributed by atoms with Crippen molar-refractivity contribution in [3.63, 3.8) is 0 Å². The van der Waals surface area contributed by atoms with Crippen molar-refractivity contribution in [3.05, 3.63) is 0 Å². The van der Waals surface area contributed by atoms with Gasteiger partial charge in [0.15, 0.2) is 0 Å². The number of esters is 1. The van der Waals surface area contributed by atoms with Crippen LogP contribution in [0.25, 0.3) is 0 Å². The van der Waals surface area contributed by atoms with Gasteiger partial charge in [0.1, 0.15) is 12.2 Å². The van der Waals surface area contributed by atoms with E-state index in [0.29, 0.717) is 119 Å². The van der Waals surface area contributed by atoms with Crippen LogP contribution in [0.1, 0.15) is 72.6 Å². The molecule has 0 saturated carbocycles. The van der Waals surface area contributed by atoms with Crippen LogP contribution in [-0.2, 0) is 52.2 Å². The van der Waals surface area contributed by atoms with Crippen LogP contribution in [0, 0.1) is 0 Å². The molecule has 0 aliphatic heterocycles. The molecule has 0 aliphatic carbocycles. The van der Waals surface area contributed by atoms with E-state index in [0.717, 1.165) is 12.8 Å². The third-order valence-corrected chi connectivity index (χ3v) is 6.11. The highest BCUT2D eigenvalue weighted by Gasteiger charge is 2.19. The van der Waals surface area contributed by atoms with E-state index >= 15 is 0 Å². The zero-order chi connectivity index (χ0) is 34.0. The zero-order valence-corrected chi connectivity index (χ0v) is 29.5. The van der Waals surface area contributed by atoms with Gasteiger partial charge >= 0.3 is 12.1 Å². The standard InChI is InChI=1S/C33H65NO12/c1-6-7-8-9-10-11-12-31(35)45-30-29-44-28-27-43-26-25-42-24-23-41-22-21-40-20-19-39-18-17-38-16-15-37-14-13-34(5)32(36)46-33(2,3)4/h6-30H2,1-5H3. The number of carbonyl (C=O) groups excluding carboxylic acids is 2. The minimum absolute atomic E-state index is 0.147. The van der Waals surface area contributed by atoms with Crippen molar-refractivity contribution in [2.24, 2.45) is 0 Å². The van der Waals surface area contributed by atoms with Crippen LogP contribution >= 0.6 is 0 Å². The van der Waals surface area contributed by atoms with Crippen molar-refractivity contribution in [3.8, 4) is 0 Å². The van der Waals surface area contributed by atoms with E-state index in [4.69, 9.17) is 47.4 Å². The molecule has 13 heteroatoms. The summed E-state index contributed by atoms with van der Waals surface area (Å²) in [6.45, 7) is 15.9. The summed E-state index contributed by atoms with van der Waals surface area (Å²) in [7, 11) is 1.68. The van der Waals surface area contributed by atoms with E-state index in [2.05, 4.69) is 6.92 Å². The lowest BCUT2D eigenvalue weighted by Crippen LogP contribution is -2.36. The molecule has 0 N–H and O–H groups in total. The van der Waals surface area contributed by atoms with Gasteiger partial charge in [0.2, 0.25) is 0 Å². The quantitative estimate of drug-likeness (QED) is 0.0718. The third kappa shape index (κ3) is 35.3. The maximum Gasteiger partial charge on any atom is 0.410 e. The highest BCUT2D eigenvalue weighted by atomic mass is 16.6. The molecule has 1 amide bonds. The number of carbonyl (C=O) groups is 2. The van der Waals surface area contributed by atoms with E-state index in [1.807, 2.05) is 20.8 Å². The maximum atomic E-state index is 11.8. The summed E-state index contributed by atoms with van der Waals surface area (Å²) in [5.74, 6) is -0.147. The van der Waals surface area contributed by atoms with Crippen molar-refractivity contribution in [1.29, 1.82) is 0 Å². The van der Waals surface area contributed by atoms with Crippen LogP contribution in [0.4, 0.5) is 4.79 Å². The fraction of sp³-hybridized carbons (Fsp3) is 0.939. The average molecular weight is 668 g/mol. The Kier molecular flexibility index (Phi) is 32.2. The fourth-order valence-electron chi connectivity index (χ4n) is 3.61. The number of unbranched alkanes of at least 4 members (excludes halogenated alkanes) is 5. The number of hydrogen-bond donors (Lipinski definition) is 0. The number of nitrogens with zero attached hydrogens (tertiary/aromatic N) is 1. The molecule has 0 spiro atoms. The minimum Gasteiger partial charge on any atom is -0.463 e. The first-order valence-corrected chi connectivity index (χ1v) is 17.0. The van der Waals surface area contributed by atoms with Crippen molar-refractivity contribution >= 4 is 12.1 Å². The highest BCUT2D eigenvalue weighted by Crippen LogP contribution is 2.09. The van der Waals surface area contributed by atoms with Gasteiger partial charge in [-0.3, -0.25) is 4.79 Å². The van der Waals surface area contributed by atoms with Gasteiger partial charge in [0, 0.05) is 20.0 Å². The molecule has 0 heterocycles. The summed E-state index contributed by atoms with van der Waals surface area (Å²) in [6.07, 6.45) is 7.04. The molecule has 46 heavy (non-hydrogen) atoms. The Hall–Kier alpha value is -1.58. The molecule has 0 unspecified atom stereocenters. The number of ether oxygens (including phenoxy) is 10. The molecule has 0 aromatic carbocycles. The van der Waals surface area contributed by atoms with Crippen LogP contribution in [-0.4, -0.2) is 148 Å². The first-order chi connectivity index (χ1) is 22.3. The van der Waals surface area contributed by atoms with E-state index in [1.54, 1.807) is 7.05 Å². The SMILES string of the molecule is CCCCCCCCC(=O)OCCOCCOCCOCCOCCOCCOCCOCCOCCN(C)C(=O)OC(C)(C)C. The van der Waals surface area contributed by atoms with Gasteiger partial charge in [-0.25, -0.2) is 4.79 Å². The van der Waals surface area contributed by atoms with Gasteiger partial charge in [-0.15, -0.1) is 0 Å². The summed E-state index contributed by atoms with van der Waals surface area (Å²) in [5.41, 5.74) is -0.510. The Morgan fingerprint density at radius 3 is 1.24 bits per heavy atom. The Morgan fingerprint density at radius 1 is 0.500 bits per heavy atom. The van der Waals surface area contributed by atoms with Crippen molar-refractivity contribution in [1.82, 2.24) is 4.90 Å². The van der Waals surface area contributed by atoms with E-state index in [-0.39, 0.29) is 18.7 Å². The maximum absolute atomic E-state index is 11.8. The molecule has 274 valence electrons. The topological polar surface area (TPSA) is 130 Å². The first kappa shape index (κ1) is 44.4. The fourth-order valence-corrected chi connectivity index (χ4v) is 3.61. The van der Waals surface area contributed by atoms with E-state index in [1.165, 1.54) is 30.6 Å². The highest BCUT2D eigenvalue weighted by molar-refractivity contribution is 5.69. The molecule has 0 aromatic rings. The number of rotatable bonds is 34. The molecule has 0 aliphatic rings.